The van der Waals surface area contributed by atoms with Crippen LogP contribution in [0.5, 0.6) is 0 Å². The molecular weight excluding hydrogens is 458 g/mol. The maximum atomic E-state index is 12.2. The molecule has 0 saturated heterocycles. The van der Waals surface area contributed by atoms with Gasteiger partial charge in [-0.05, 0) is 53.7 Å². The average molecular weight is 484 g/mol. The van der Waals surface area contributed by atoms with Gasteiger partial charge < -0.3 is 9.84 Å². The Kier molecular flexibility index (Phi) is 6.95. The maximum Gasteiger partial charge on any atom is 0.413 e. The first-order chi connectivity index (χ1) is 13.3. The van der Waals surface area contributed by atoms with Crippen molar-refractivity contribution in [3.8, 4) is 11.3 Å². The Morgan fingerprint density at radius 1 is 1.24 bits per heavy atom. The van der Waals surface area contributed by atoms with Gasteiger partial charge in [0.05, 0.1) is 17.1 Å². The number of thiazole rings is 1. The van der Waals surface area contributed by atoms with E-state index in [1.807, 2.05) is 45.0 Å². The Labute approximate surface area is 183 Å². The van der Waals surface area contributed by atoms with E-state index in [1.54, 1.807) is 20.8 Å². The fourth-order valence-corrected chi connectivity index (χ4v) is 3.86. The van der Waals surface area contributed by atoms with E-state index in [4.69, 9.17) is 4.74 Å². The second-order valence-electron chi connectivity index (χ2n) is 8.47. The summed E-state index contributed by atoms with van der Waals surface area (Å²) < 4.78 is 6.17. The number of anilines is 1. The number of rotatable bonds is 4. The van der Waals surface area contributed by atoms with Crippen LogP contribution in [0.15, 0.2) is 28.7 Å². The van der Waals surface area contributed by atoms with Crippen molar-refractivity contribution < 1.29 is 19.4 Å². The summed E-state index contributed by atoms with van der Waals surface area (Å²) in [5.41, 5.74) is 0.215. The van der Waals surface area contributed by atoms with Crippen LogP contribution in [0.4, 0.5) is 14.7 Å². The number of carboxylic acid groups (broad SMARTS) is 1. The molecule has 2 N–H and O–H groups in total. The van der Waals surface area contributed by atoms with Gasteiger partial charge in [0.2, 0.25) is 0 Å². The topological polar surface area (TPSA) is 91.8 Å². The summed E-state index contributed by atoms with van der Waals surface area (Å²) in [5, 5.41) is 12.7. The van der Waals surface area contributed by atoms with Crippen molar-refractivity contribution in [2.24, 2.45) is 0 Å². The molecule has 0 atom stereocenters. The maximum absolute atomic E-state index is 12.2. The van der Waals surface area contributed by atoms with Crippen LogP contribution < -0.4 is 5.32 Å². The summed E-state index contributed by atoms with van der Waals surface area (Å²) in [6, 6.07) is 7.57. The van der Waals surface area contributed by atoms with E-state index in [0.717, 1.165) is 14.9 Å². The number of hydrogen-bond donors (Lipinski definition) is 2. The number of halogens is 1. The lowest BCUT2D eigenvalue weighted by Gasteiger charge is -2.32. The zero-order valence-corrected chi connectivity index (χ0v) is 19.8. The second kappa shape index (κ2) is 8.71. The van der Waals surface area contributed by atoms with Crippen molar-refractivity contribution in [3.63, 3.8) is 0 Å². The monoisotopic (exact) mass is 483 g/mol. The zero-order valence-electron chi connectivity index (χ0n) is 17.4. The minimum absolute atomic E-state index is 0.147. The van der Waals surface area contributed by atoms with Crippen molar-refractivity contribution in [2.75, 3.05) is 5.32 Å². The molecule has 1 aromatic carbocycles. The molecule has 0 fully saturated rings. The van der Waals surface area contributed by atoms with Gasteiger partial charge in [-0.25, -0.2) is 14.6 Å². The number of amides is 2. The summed E-state index contributed by atoms with van der Waals surface area (Å²) in [4.78, 5) is 30.6. The van der Waals surface area contributed by atoms with Gasteiger partial charge in [0.25, 0.3) is 0 Å². The first kappa shape index (κ1) is 23.2. The van der Waals surface area contributed by atoms with Gasteiger partial charge in [-0.3, -0.25) is 10.2 Å². The van der Waals surface area contributed by atoms with Crippen molar-refractivity contribution in [2.45, 2.75) is 59.2 Å². The van der Waals surface area contributed by atoms with E-state index in [1.165, 1.54) is 16.2 Å². The Morgan fingerprint density at radius 2 is 1.90 bits per heavy atom. The van der Waals surface area contributed by atoms with Gasteiger partial charge in [-0.2, -0.15) is 0 Å². The molecule has 0 unspecified atom stereocenters. The highest BCUT2D eigenvalue weighted by atomic mass is 79.9. The van der Waals surface area contributed by atoms with Crippen LogP contribution in [0.1, 0.15) is 46.4 Å². The lowest BCUT2D eigenvalue weighted by Crippen LogP contribution is -2.44. The number of ether oxygens (including phenoxy) is 1. The highest BCUT2D eigenvalue weighted by molar-refractivity contribution is 9.10. The normalized spacial score (nSPS) is 11.8. The van der Waals surface area contributed by atoms with Gasteiger partial charge in [-0.1, -0.05) is 39.4 Å². The molecule has 2 aromatic rings. The van der Waals surface area contributed by atoms with Crippen LogP contribution in [-0.2, 0) is 11.3 Å². The molecule has 158 valence electrons. The molecule has 0 aliphatic heterocycles. The number of carbonyl (C=O) groups is 2. The fourth-order valence-electron chi connectivity index (χ4n) is 2.50. The quantitative estimate of drug-likeness (QED) is 0.539. The number of benzene rings is 1. The van der Waals surface area contributed by atoms with Crippen LogP contribution in [-0.4, -0.2) is 38.3 Å². The number of hydrogen-bond acceptors (Lipinski definition) is 5. The smallest absolute Gasteiger partial charge is 0.413 e. The molecule has 2 rings (SSSR count). The Morgan fingerprint density at radius 3 is 2.41 bits per heavy atom. The van der Waals surface area contributed by atoms with E-state index < -0.39 is 23.3 Å². The Balaban J connectivity index is 2.43. The molecule has 0 bridgehead atoms. The van der Waals surface area contributed by atoms with E-state index in [0.29, 0.717) is 10.8 Å². The van der Waals surface area contributed by atoms with Crippen molar-refractivity contribution >= 4 is 44.6 Å². The number of nitrogens with one attached hydrogen (secondary N) is 1. The zero-order chi connectivity index (χ0) is 22.0. The highest BCUT2D eigenvalue weighted by Crippen LogP contribution is 2.35. The van der Waals surface area contributed by atoms with Crippen LogP contribution in [0.3, 0.4) is 0 Å². The van der Waals surface area contributed by atoms with Gasteiger partial charge in [0.15, 0.2) is 5.13 Å². The van der Waals surface area contributed by atoms with Crippen LogP contribution in [0, 0.1) is 0 Å². The molecule has 1 aromatic heterocycles. The van der Waals surface area contributed by atoms with Crippen LogP contribution in [0.25, 0.3) is 11.3 Å². The van der Waals surface area contributed by atoms with Gasteiger partial charge in [0, 0.05) is 15.6 Å². The summed E-state index contributed by atoms with van der Waals surface area (Å²) in [5.74, 6) is 0. The van der Waals surface area contributed by atoms with E-state index in [9.17, 15) is 14.7 Å². The number of aromatic nitrogens is 1. The molecule has 9 heteroatoms. The van der Waals surface area contributed by atoms with Crippen LogP contribution in [0.2, 0.25) is 0 Å². The molecule has 0 aliphatic carbocycles. The third-order valence-electron chi connectivity index (χ3n) is 3.75. The summed E-state index contributed by atoms with van der Waals surface area (Å²) >= 11 is 4.68. The predicted octanol–water partition coefficient (Wildman–Crippen LogP) is 6.20. The van der Waals surface area contributed by atoms with Gasteiger partial charge in [-0.15, -0.1) is 0 Å². The Bertz CT molecular complexity index is 900. The molecule has 7 nitrogen and oxygen atoms in total. The molecule has 1 heterocycles. The largest absolute Gasteiger partial charge is 0.465 e. The van der Waals surface area contributed by atoms with E-state index in [-0.39, 0.29) is 6.54 Å². The lowest BCUT2D eigenvalue weighted by atomic mass is 10.1. The summed E-state index contributed by atoms with van der Waals surface area (Å²) in [6.07, 6.45) is -1.63. The van der Waals surface area contributed by atoms with Crippen molar-refractivity contribution in [3.05, 3.63) is 33.6 Å². The number of carbonyl (C=O) groups excluding carboxylic acids is 1. The SMILES string of the molecule is CC(C)(C)OC(=O)Nc1nc(-c2cccc(Br)c2)c(CN(C(=O)O)C(C)(C)C)s1. The third kappa shape index (κ3) is 6.71. The third-order valence-corrected chi connectivity index (χ3v) is 5.19. The molecule has 29 heavy (non-hydrogen) atoms. The van der Waals surface area contributed by atoms with E-state index >= 15 is 0 Å². The molecule has 0 aliphatic rings. The number of nitrogens with zero attached hydrogens (tertiary/aromatic N) is 2. The minimum Gasteiger partial charge on any atom is -0.465 e. The molecule has 2 amide bonds. The predicted molar refractivity (Wildman–Crippen MR) is 118 cm³/mol. The Hall–Kier alpha value is -2.13. The lowest BCUT2D eigenvalue weighted by molar-refractivity contribution is 0.0635. The highest BCUT2D eigenvalue weighted by Gasteiger charge is 2.29. The van der Waals surface area contributed by atoms with Crippen molar-refractivity contribution in [1.82, 2.24) is 9.88 Å². The van der Waals surface area contributed by atoms with Crippen molar-refractivity contribution in [1.29, 1.82) is 0 Å². The standard InChI is InChI=1S/C20H26BrN3O4S/c1-19(2,3)24(18(26)27)11-14-15(12-8-7-9-13(21)10-12)22-16(29-14)23-17(25)28-20(4,5)6/h7-10H,11H2,1-6H3,(H,26,27)(H,22,23,25). The molecular formula is C20H26BrN3O4S. The first-order valence-corrected chi connectivity index (χ1v) is 10.6. The van der Waals surface area contributed by atoms with Crippen LogP contribution >= 0.6 is 27.3 Å². The molecule has 0 spiro atoms. The minimum atomic E-state index is -1.02. The van der Waals surface area contributed by atoms with Gasteiger partial charge in [0.1, 0.15) is 5.60 Å². The fraction of sp³-hybridized carbons (Fsp3) is 0.450. The van der Waals surface area contributed by atoms with E-state index in [2.05, 4.69) is 26.2 Å². The van der Waals surface area contributed by atoms with Gasteiger partial charge >= 0.3 is 12.2 Å². The summed E-state index contributed by atoms with van der Waals surface area (Å²) in [6.45, 7) is 11.0. The summed E-state index contributed by atoms with van der Waals surface area (Å²) in [7, 11) is 0. The second-order valence-corrected chi connectivity index (χ2v) is 10.5. The molecule has 0 radical (unpaired) electrons. The first-order valence-electron chi connectivity index (χ1n) is 9.02. The molecule has 0 saturated carbocycles. The average Bonchev–Trinajstić information content (AvgIpc) is 2.91.